The highest BCUT2D eigenvalue weighted by atomic mass is 16.5. The van der Waals surface area contributed by atoms with Gasteiger partial charge in [-0.3, -0.25) is 4.79 Å². The predicted octanol–water partition coefficient (Wildman–Crippen LogP) is 3.31. The first-order valence-corrected chi connectivity index (χ1v) is 8.42. The van der Waals surface area contributed by atoms with Crippen LogP contribution in [0.4, 0.5) is 5.69 Å². The Balaban J connectivity index is 2.17. The average molecular weight is 343 g/mol. The van der Waals surface area contributed by atoms with E-state index in [2.05, 4.69) is 24.1 Å². The van der Waals surface area contributed by atoms with Gasteiger partial charge in [0, 0.05) is 30.0 Å². The van der Waals surface area contributed by atoms with E-state index in [1.807, 2.05) is 6.07 Å². The number of nitriles is 1. The third-order valence-electron chi connectivity index (χ3n) is 4.55. The van der Waals surface area contributed by atoms with Gasteiger partial charge in [0.05, 0.1) is 14.2 Å². The number of likely N-dealkylation sites (tertiary alicyclic amines) is 1. The first-order valence-electron chi connectivity index (χ1n) is 8.42. The van der Waals surface area contributed by atoms with Gasteiger partial charge in [0.1, 0.15) is 11.6 Å². The molecule has 0 bridgehead atoms. The summed E-state index contributed by atoms with van der Waals surface area (Å²) in [4.78, 5) is 14.6. The zero-order valence-corrected chi connectivity index (χ0v) is 15.2. The molecule has 2 rings (SSSR count). The Hall–Kier alpha value is -2.68. The topological polar surface area (TPSA) is 74.6 Å². The summed E-state index contributed by atoms with van der Waals surface area (Å²) in [6.07, 6.45) is 4.99. The summed E-state index contributed by atoms with van der Waals surface area (Å²) in [7, 11) is 3.08. The van der Waals surface area contributed by atoms with Crippen molar-refractivity contribution in [2.45, 2.75) is 45.2 Å². The lowest BCUT2D eigenvalue weighted by molar-refractivity contribution is -0.112. The SMILES string of the molecule is COc1ccc(NC(=O)/C(C#N)=C\N2C(C)CCCC2C)cc1OC. The van der Waals surface area contributed by atoms with Gasteiger partial charge < -0.3 is 19.7 Å². The summed E-state index contributed by atoms with van der Waals surface area (Å²) >= 11 is 0. The van der Waals surface area contributed by atoms with E-state index in [9.17, 15) is 10.1 Å². The fourth-order valence-corrected chi connectivity index (χ4v) is 3.10. The van der Waals surface area contributed by atoms with E-state index in [1.165, 1.54) is 13.5 Å². The number of carbonyl (C=O) groups is 1. The molecule has 1 fully saturated rings. The van der Waals surface area contributed by atoms with E-state index in [-0.39, 0.29) is 5.57 Å². The van der Waals surface area contributed by atoms with Crippen molar-refractivity contribution in [3.63, 3.8) is 0 Å². The van der Waals surface area contributed by atoms with Crippen LogP contribution in [0.1, 0.15) is 33.1 Å². The molecule has 1 aromatic rings. The molecular formula is C19H25N3O3. The lowest BCUT2D eigenvalue weighted by atomic mass is 9.98. The Morgan fingerprint density at radius 1 is 1.24 bits per heavy atom. The minimum atomic E-state index is -0.431. The molecular weight excluding hydrogens is 318 g/mol. The van der Waals surface area contributed by atoms with Crippen molar-refractivity contribution in [3.05, 3.63) is 30.0 Å². The predicted molar refractivity (Wildman–Crippen MR) is 96.5 cm³/mol. The van der Waals surface area contributed by atoms with Gasteiger partial charge in [-0.1, -0.05) is 0 Å². The van der Waals surface area contributed by atoms with Crippen molar-refractivity contribution in [1.82, 2.24) is 4.90 Å². The first kappa shape index (κ1) is 18.7. The second-order valence-electron chi connectivity index (χ2n) is 6.25. The smallest absolute Gasteiger partial charge is 0.267 e. The van der Waals surface area contributed by atoms with E-state index in [1.54, 1.807) is 31.5 Å². The van der Waals surface area contributed by atoms with E-state index in [0.717, 1.165) is 12.8 Å². The molecule has 0 radical (unpaired) electrons. The number of nitrogens with one attached hydrogen (secondary N) is 1. The molecule has 1 saturated heterocycles. The lowest BCUT2D eigenvalue weighted by Gasteiger charge is -2.38. The van der Waals surface area contributed by atoms with Gasteiger partial charge in [-0.25, -0.2) is 0 Å². The molecule has 1 aliphatic heterocycles. The molecule has 134 valence electrons. The molecule has 6 nitrogen and oxygen atoms in total. The molecule has 1 aromatic carbocycles. The maximum Gasteiger partial charge on any atom is 0.267 e. The Labute approximate surface area is 149 Å². The highest BCUT2D eigenvalue weighted by Gasteiger charge is 2.23. The summed E-state index contributed by atoms with van der Waals surface area (Å²) in [5.74, 6) is 0.660. The molecule has 2 unspecified atom stereocenters. The number of rotatable bonds is 5. The summed E-state index contributed by atoms with van der Waals surface area (Å²) < 4.78 is 10.4. The van der Waals surface area contributed by atoms with E-state index in [4.69, 9.17) is 9.47 Å². The quantitative estimate of drug-likeness (QED) is 0.656. The number of carbonyl (C=O) groups excluding carboxylic acids is 1. The number of nitrogens with zero attached hydrogens (tertiary/aromatic N) is 2. The molecule has 1 heterocycles. The van der Waals surface area contributed by atoms with Crippen LogP contribution in [0.5, 0.6) is 11.5 Å². The largest absolute Gasteiger partial charge is 0.493 e. The molecule has 1 amide bonds. The molecule has 2 atom stereocenters. The van der Waals surface area contributed by atoms with E-state index in [0.29, 0.717) is 29.3 Å². The maximum atomic E-state index is 12.5. The molecule has 1 aliphatic rings. The zero-order chi connectivity index (χ0) is 18.4. The molecule has 25 heavy (non-hydrogen) atoms. The Morgan fingerprint density at radius 3 is 2.44 bits per heavy atom. The third-order valence-corrected chi connectivity index (χ3v) is 4.55. The highest BCUT2D eigenvalue weighted by molar-refractivity contribution is 6.06. The highest BCUT2D eigenvalue weighted by Crippen LogP contribution is 2.30. The Kier molecular flexibility index (Phi) is 6.29. The molecule has 1 N–H and O–H groups in total. The van der Waals surface area contributed by atoms with Crippen molar-refractivity contribution in [2.75, 3.05) is 19.5 Å². The summed E-state index contributed by atoms with van der Waals surface area (Å²) in [6, 6.07) is 7.73. The Bertz CT molecular complexity index is 684. The van der Waals surface area contributed by atoms with Gasteiger partial charge >= 0.3 is 0 Å². The van der Waals surface area contributed by atoms with Crippen molar-refractivity contribution < 1.29 is 14.3 Å². The monoisotopic (exact) mass is 343 g/mol. The molecule has 0 spiro atoms. The molecule has 0 aromatic heterocycles. The first-order chi connectivity index (χ1) is 12.0. The molecule has 0 saturated carbocycles. The number of hydrogen-bond donors (Lipinski definition) is 1. The molecule has 0 aliphatic carbocycles. The van der Waals surface area contributed by atoms with E-state index < -0.39 is 5.91 Å². The average Bonchev–Trinajstić information content (AvgIpc) is 2.61. The van der Waals surface area contributed by atoms with Crippen LogP contribution in [0.2, 0.25) is 0 Å². The number of methoxy groups -OCH3 is 2. The summed E-state index contributed by atoms with van der Waals surface area (Å²) in [6.45, 7) is 4.24. The number of anilines is 1. The van der Waals surface area contributed by atoms with Crippen LogP contribution >= 0.6 is 0 Å². The van der Waals surface area contributed by atoms with Crippen molar-refractivity contribution in [1.29, 1.82) is 5.26 Å². The van der Waals surface area contributed by atoms with Crippen molar-refractivity contribution in [3.8, 4) is 17.6 Å². The van der Waals surface area contributed by atoms with Crippen LogP contribution in [-0.4, -0.2) is 37.1 Å². The van der Waals surface area contributed by atoms with Crippen LogP contribution in [0.15, 0.2) is 30.0 Å². The van der Waals surface area contributed by atoms with E-state index >= 15 is 0 Å². The number of amides is 1. The fraction of sp³-hybridized carbons (Fsp3) is 0.474. The second kappa shape index (κ2) is 8.43. The molecule has 6 heteroatoms. The lowest BCUT2D eigenvalue weighted by Crippen LogP contribution is -2.40. The normalized spacial score (nSPS) is 20.6. The van der Waals surface area contributed by atoms with Crippen molar-refractivity contribution in [2.24, 2.45) is 0 Å². The second-order valence-corrected chi connectivity index (χ2v) is 6.25. The maximum absolute atomic E-state index is 12.5. The standard InChI is InChI=1S/C19H25N3O3/c1-13-6-5-7-14(2)22(13)12-15(11-20)19(23)21-16-8-9-17(24-3)18(10-16)25-4/h8-10,12-14H,5-7H2,1-4H3,(H,21,23)/b15-12-. The fourth-order valence-electron chi connectivity index (χ4n) is 3.10. The van der Waals surface area contributed by atoms with Crippen LogP contribution in [0, 0.1) is 11.3 Å². The van der Waals surface area contributed by atoms with Gasteiger partial charge in [-0.2, -0.15) is 5.26 Å². The number of piperidine rings is 1. The van der Waals surface area contributed by atoms with Gasteiger partial charge in [0.15, 0.2) is 11.5 Å². The van der Waals surface area contributed by atoms with Gasteiger partial charge in [-0.05, 0) is 45.2 Å². The Morgan fingerprint density at radius 2 is 1.88 bits per heavy atom. The minimum Gasteiger partial charge on any atom is -0.493 e. The number of benzene rings is 1. The van der Waals surface area contributed by atoms with Gasteiger partial charge in [0.25, 0.3) is 5.91 Å². The van der Waals surface area contributed by atoms with Crippen LogP contribution in [0.3, 0.4) is 0 Å². The van der Waals surface area contributed by atoms with Gasteiger partial charge in [0.2, 0.25) is 0 Å². The minimum absolute atomic E-state index is 0.0929. The van der Waals surface area contributed by atoms with Crippen LogP contribution < -0.4 is 14.8 Å². The van der Waals surface area contributed by atoms with Crippen LogP contribution in [0.25, 0.3) is 0 Å². The van der Waals surface area contributed by atoms with Crippen molar-refractivity contribution >= 4 is 11.6 Å². The number of hydrogen-bond acceptors (Lipinski definition) is 5. The summed E-state index contributed by atoms with van der Waals surface area (Å²) in [5.41, 5.74) is 0.638. The number of ether oxygens (including phenoxy) is 2. The third kappa shape index (κ3) is 4.44. The zero-order valence-electron chi connectivity index (χ0n) is 15.2. The van der Waals surface area contributed by atoms with Crippen LogP contribution in [-0.2, 0) is 4.79 Å². The van der Waals surface area contributed by atoms with Gasteiger partial charge in [-0.15, -0.1) is 0 Å². The summed E-state index contributed by atoms with van der Waals surface area (Å²) in [5, 5.41) is 12.2.